The Bertz CT molecular complexity index is 533. The first-order chi connectivity index (χ1) is 8.69. The van der Waals surface area contributed by atoms with Crippen LogP contribution in [0.3, 0.4) is 0 Å². The van der Waals surface area contributed by atoms with E-state index in [-0.39, 0.29) is 11.7 Å². The lowest BCUT2D eigenvalue weighted by Gasteiger charge is -2.03. The van der Waals surface area contributed by atoms with Gasteiger partial charge in [0, 0.05) is 11.4 Å². The van der Waals surface area contributed by atoms with Crippen LogP contribution >= 0.6 is 11.3 Å². The molecule has 0 spiro atoms. The zero-order valence-electron chi connectivity index (χ0n) is 10.1. The van der Waals surface area contributed by atoms with E-state index in [1.807, 2.05) is 12.1 Å². The molecular weight excluding hydrogens is 249 g/mol. The van der Waals surface area contributed by atoms with Crippen LogP contribution in [-0.4, -0.2) is 5.91 Å². The van der Waals surface area contributed by atoms with E-state index in [2.05, 4.69) is 12.2 Å². The van der Waals surface area contributed by atoms with Gasteiger partial charge in [-0.15, -0.1) is 11.3 Å². The van der Waals surface area contributed by atoms with Crippen LogP contribution in [0.1, 0.15) is 27.0 Å². The molecule has 0 saturated heterocycles. The molecular formula is C14H14FNOS. The molecule has 1 aromatic carbocycles. The van der Waals surface area contributed by atoms with Gasteiger partial charge in [0.05, 0.1) is 4.88 Å². The van der Waals surface area contributed by atoms with Crippen LogP contribution in [0.4, 0.5) is 4.39 Å². The molecule has 94 valence electrons. The van der Waals surface area contributed by atoms with Crippen LogP contribution in [0.25, 0.3) is 0 Å². The number of thiophene rings is 1. The molecule has 1 heterocycles. The second-order valence-electron chi connectivity index (χ2n) is 3.93. The molecule has 2 nitrogen and oxygen atoms in total. The van der Waals surface area contributed by atoms with E-state index in [1.54, 1.807) is 12.1 Å². The Balaban J connectivity index is 1.93. The van der Waals surface area contributed by atoms with Gasteiger partial charge in [-0.25, -0.2) is 4.39 Å². The first kappa shape index (κ1) is 12.8. The van der Waals surface area contributed by atoms with Crippen molar-refractivity contribution in [3.05, 3.63) is 57.5 Å². The monoisotopic (exact) mass is 263 g/mol. The van der Waals surface area contributed by atoms with Gasteiger partial charge in [0.15, 0.2) is 0 Å². The molecule has 0 aliphatic heterocycles. The number of aryl methyl sites for hydroxylation is 1. The second kappa shape index (κ2) is 5.78. The third-order valence-electron chi connectivity index (χ3n) is 2.60. The Morgan fingerprint density at radius 2 is 1.94 bits per heavy atom. The van der Waals surface area contributed by atoms with E-state index < -0.39 is 0 Å². The number of amides is 1. The number of hydrogen-bond donors (Lipinski definition) is 1. The van der Waals surface area contributed by atoms with Crippen LogP contribution in [-0.2, 0) is 13.0 Å². The van der Waals surface area contributed by atoms with Gasteiger partial charge in [0.1, 0.15) is 5.82 Å². The molecule has 1 N–H and O–H groups in total. The first-order valence-corrected chi connectivity index (χ1v) is 6.62. The molecule has 1 aromatic heterocycles. The van der Waals surface area contributed by atoms with E-state index in [0.29, 0.717) is 11.4 Å². The lowest BCUT2D eigenvalue weighted by Crippen LogP contribution is -2.21. The van der Waals surface area contributed by atoms with Crippen molar-refractivity contribution in [3.63, 3.8) is 0 Å². The van der Waals surface area contributed by atoms with Crippen molar-refractivity contribution >= 4 is 17.2 Å². The summed E-state index contributed by atoms with van der Waals surface area (Å²) in [5.41, 5.74) is 0.886. The maximum absolute atomic E-state index is 12.7. The number of hydrogen-bond acceptors (Lipinski definition) is 2. The number of carbonyl (C=O) groups is 1. The number of benzene rings is 1. The average Bonchev–Trinajstić information content (AvgIpc) is 2.86. The summed E-state index contributed by atoms with van der Waals surface area (Å²) >= 11 is 1.51. The maximum atomic E-state index is 12.7. The van der Waals surface area contributed by atoms with Crippen molar-refractivity contribution in [1.29, 1.82) is 0 Å². The van der Waals surface area contributed by atoms with Crippen molar-refractivity contribution < 1.29 is 9.18 Å². The third kappa shape index (κ3) is 3.17. The average molecular weight is 263 g/mol. The molecule has 4 heteroatoms. The number of nitrogens with one attached hydrogen (secondary N) is 1. The van der Waals surface area contributed by atoms with Gasteiger partial charge in [-0.1, -0.05) is 19.1 Å². The van der Waals surface area contributed by atoms with Crippen LogP contribution in [0, 0.1) is 5.82 Å². The molecule has 1 amide bonds. The van der Waals surface area contributed by atoms with Crippen molar-refractivity contribution in [2.45, 2.75) is 19.9 Å². The Morgan fingerprint density at radius 3 is 2.56 bits per heavy atom. The molecule has 0 unspecified atom stereocenters. The molecule has 0 atom stereocenters. The highest BCUT2D eigenvalue weighted by Gasteiger charge is 2.08. The molecule has 0 aliphatic rings. The van der Waals surface area contributed by atoms with Crippen molar-refractivity contribution in [1.82, 2.24) is 5.32 Å². The standard InChI is InChI=1S/C14H14FNOS/c1-2-12-7-8-13(18-12)14(17)16-9-10-3-5-11(15)6-4-10/h3-8H,2,9H2,1H3,(H,16,17). The fraction of sp³-hybridized carbons (Fsp3) is 0.214. The fourth-order valence-corrected chi connectivity index (χ4v) is 2.43. The van der Waals surface area contributed by atoms with Gasteiger partial charge < -0.3 is 5.32 Å². The number of carbonyl (C=O) groups excluding carboxylic acids is 1. The Kier molecular flexibility index (Phi) is 4.10. The van der Waals surface area contributed by atoms with Crippen molar-refractivity contribution in [2.24, 2.45) is 0 Å². The normalized spacial score (nSPS) is 10.3. The molecule has 0 aliphatic carbocycles. The summed E-state index contributed by atoms with van der Waals surface area (Å²) in [5, 5.41) is 2.82. The van der Waals surface area contributed by atoms with Gasteiger partial charge >= 0.3 is 0 Å². The first-order valence-electron chi connectivity index (χ1n) is 5.80. The smallest absolute Gasteiger partial charge is 0.261 e. The van der Waals surface area contributed by atoms with Crippen molar-refractivity contribution in [2.75, 3.05) is 0 Å². The Labute approximate surface area is 109 Å². The van der Waals surface area contributed by atoms with E-state index in [4.69, 9.17) is 0 Å². The van der Waals surface area contributed by atoms with Gasteiger partial charge in [0.25, 0.3) is 5.91 Å². The Hall–Kier alpha value is -1.68. The Morgan fingerprint density at radius 1 is 1.22 bits per heavy atom. The zero-order chi connectivity index (χ0) is 13.0. The molecule has 0 saturated carbocycles. The highest BCUT2D eigenvalue weighted by atomic mass is 32.1. The van der Waals surface area contributed by atoms with E-state index in [0.717, 1.165) is 12.0 Å². The summed E-state index contributed by atoms with van der Waals surface area (Å²) in [5.74, 6) is -0.347. The van der Waals surface area contributed by atoms with Crippen LogP contribution in [0.15, 0.2) is 36.4 Å². The predicted octanol–water partition coefficient (Wildman–Crippen LogP) is 3.38. The van der Waals surface area contributed by atoms with E-state index >= 15 is 0 Å². The minimum atomic E-state index is -0.268. The molecule has 18 heavy (non-hydrogen) atoms. The maximum Gasteiger partial charge on any atom is 0.261 e. The van der Waals surface area contributed by atoms with Crippen LogP contribution in [0.5, 0.6) is 0 Å². The molecule has 2 aromatic rings. The summed E-state index contributed by atoms with van der Waals surface area (Å²) in [6, 6.07) is 9.92. The lowest BCUT2D eigenvalue weighted by atomic mass is 10.2. The number of halogens is 1. The largest absolute Gasteiger partial charge is 0.347 e. The third-order valence-corrected chi connectivity index (χ3v) is 3.83. The minimum absolute atomic E-state index is 0.0796. The van der Waals surface area contributed by atoms with Gasteiger partial charge in [0.2, 0.25) is 0 Å². The molecule has 0 bridgehead atoms. The van der Waals surface area contributed by atoms with E-state index in [9.17, 15) is 9.18 Å². The van der Waals surface area contributed by atoms with Crippen LogP contribution in [0.2, 0.25) is 0 Å². The van der Waals surface area contributed by atoms with Gasteiger partial charge in [-0.2, -0.15) is 0 Å². The number of rotatable bonds is 4. The molecule has 2 rings (SSSR count). The summed E-state index contributed by atoms with van der Waals surface area (Å²) in [4.78, 5) is 13.8. The van der Waals surface area contributed by atoms with Crippen LogP contribution < -0.4 is 5.32 Å². The quantitative estimate of drug-likeness (QED) is 0.900. The highest BCUT2D eigenvalue weighted by Crippen LogP contribution is 2.16. The molecule has 0 fully saturated rings. The van der Waals surface area contributed by atoms with E-state index in [1.165, 1.54) is 28.3 Å². The summed E-state index contributed by atoms with van der Waals surface area (Å²) in [6.45, 7) is 2.48. The van der Waals surface area contributed by atoms with Gasteiger partial charge in [-0.05, 0) is 36.2 Å². The zero-order valence-corrected chi connectivity index (χ0v) is 10.9. The highest BCUT2D eigenvalue weighted by molar-refractivity contribution is 7.14. The molecule has 0 radical (unpaired) electrons. The second-order valence-corrected chi connectivity index (χ2v) is 5.10. The van der Waals surface area contributed by atoms with Gasteiger partial charge in [-0.3, -0.25) is 4.79 Å². The van der Waals surface area contributed by atoms with Crippen molar-refractivity contribution in [3.8, 4) is 0 Å². The summed E-state index contributed by atoms with van der Waals surface area (Å²) in [6.07, 6.45) is 0.940. The summed E-state index contributed by atoms with van der Waals surface area (Å²) in [7, 11) is 0. The topological polar surface area (TPSA) is 29.1 Å². The lowest BCUT2D eigenvalue weighted by molar-refractivity contribution is 0.0955. The SMILES string of the molecule is CCc1ccc(C(=O)NCc2ccc(F)cc2)s1. The summed E-state index contributed by atoms with van der Waals surface area (Å²) < 4.78 is 12.7. The predicted molar refractivity (Wildman–Crippen MR) is 71.3 cm³/mol. The minimum Gasteiger partial charge on any atom is -0.347 e. The fourth-order valence-electron chi connectivity index (χ4n) is 1.56.